The minimum Gasteiger partial charge on any atom is -0.462 e. The van der Waals surface area contributed by atoms with E-state index in [-0.39, 0.29) is 41.4 Å². The van der Waals surface area contributed by atoms with Crippen LogP contribution < -0.4 is 5.56 Å². The van der Waals surface area contributed by atoms with Gasteiger partial charge in [0, 0.05) is 5.41 Å². The number of carbonyl (C=O) groups excluding carboxylic acids is 2. The van der Waals surface area contributed by atoms with Crippen LogP contribution in [-0.4, -0.2) is 27.9 Å². The topological polar surface area (TPSA) is 91.4 Å². The van der Waals surface area contributed by atoms with Gasteiger partial charge in [0.15, 0.2) is 5.78 Å². The third-order valence-corrected chi connectivity index (χ3v) is 3.48. The summed E-state index contributed by atoms with van der Waals surface area (Å²) < 4.78 is 11.5. The van der Waals surface area contributed by atoms with E-state index in [9.17, 15) is 14.4 Å². The lowest BCUT2D eigenvalue weighted by atomic mass is 9.91. The number of Topliss-reactive ketones (excluding diaryl/α,β-unsaturated/α-hetero) is 1. The summed E-state index contributed by atoms with van der Waals surface area (Å²) in [5, 5.41) is 0.0464. The van der Waals surface area contributed by atoms with Gasteiger partial charge in [0.2, 0.25) is 5.71 Å². The van der Waals surface area contributed by atoms with E-state index in [1.54, 1.807) is 34.6 Å². The molecule has 23 heavy (non-hydrogen) atoms. The fourth-order valence-electron chi connectivity index (χ4n) is 2.09. The number of ether oxygens (including phenoxy) is 1. The van der Waals surface area contributed by atoms with E-state index >= 15 is 0 Å². The van der Waals surface area contributed by atoms with Gasteiger partial charge in [0.1, 0.15) is 23.0 Å². The van der Waals surface area contributed by atoms with Gasteiger partial charge < -0.3 is 9.15 Å². The SMILES string of the molecule is CCOC(=O)c1c(C)oc2ncn(CC(=O)C(C)(C)C)c(=O)c12. The Hall–Kier alpha value is -2.44. The first-order valence-electron chi connectivity index (χ1n) is 7.35. The maximum Gasteiger partial charge on any atom is 0.342 e. The molecule has 2 rings (SSSR count). The van der Waals surface area contributed by atoms with Gasteiger partial charge in [-0.25, -0.2) is 9.78 Å². The second-order valence-corrected chi connectivity index (χ2v) is 6.28. The molecule has 7 heteroatoms. The molecule has 0 atom stereocenters. The van der Waals surface area contributed by atoms with Gasteiger partial charge in [0.25, 0.3) is 5.56 Å². The van der Waals surface area contributed by atoms with Crippen molar-refractivity contribution in [2.45, 2.75) is 41.2 Å². The fraction of sp³-hybridized carbons (Fsp3) is 0.500. The third-order valence-electron chi connectivity index (χ3n) is 3.48. The van der Waals surface area contributed by atoms with Gasteiger partial charge in [-0.1, -0.05) is 20.8 Å². The van der Waals surface area contributed by atoms with E-state index in [0.29, 0.717) is 0 Å². The molecule has 0 aliphatic rings. The van der Waals surface area contributed by atoms with E-state index in [2.05, 4.69) is 4.98 Å². The van der Waals surface area contributed by atoms with Crippen LogP contribution in [0.15, 0.2) is 15.5 Å². The van der Waals surface area contributed by atoms with E-state index in [1.165, 1.54) is 10.9 Å². The number of hydrogen-bond acceptors (Lipinski definition) is 6. The Kier molecular flexibility index (Phi) is 4.40. The third kappa shape index (κ3) is 3.18. The number of fused-ring (bicyclic) bond motifs is 1. The Balaban J connectivity index is 2.58. The van der Waals surface area contributed by atoms with Crippen LogP contribution in [0.4, 0.5) is 0 Å². The molecule has 7 nitrogen and oxygen atoms in total. The number of hydrogen-bond donors (Lipinski definition) is 0. The summed E-state index contributed by atoms with van der Waals surface area (Å²) >= 11 is 0. The average molecular weight is 320 g/mol. The van der Waals surface area contributed by atoms with Crippen LogP contribution >= 0.6 is 0 Å². The lowest BCUT2D eigenvalue weighted by Gasteiger charge is -2.16. The van der Waals surface area contributed by atoms with Crippen molar-refractivity contribution in [2.24, 2.45) is 5.41 Å². The Bertz CT molecular complexity index is 823. The summed E-state index contributed by atoms with van der Waals surface area (Å²) in [6.07, 6.45) is 1.26. The van der Waals surface area contributed by atoms with E-state index in [1.807, 2.05) is 0 Å². The first-order valence-corrected chi connectivity index (χ1v) is 7.35. The highest BCUT2D eigenvalue weighted by Gasteiger charge is 2.26. The molecule has 0 aliphatic carbocycles. The van der Waals surface area contributed by atoms with Gasteiger partial charge in [0.05, 0.1) is 13.2 Å². The van der Waals surface area contributed by atoms with Crippen molar-refractivity contribution >= 4 is 22.9 Å². The van der Waals surface area contributed by atoms with Crippen LogP contribution in [0.1, 0.15) is 43.8 Å². The Labute approximate surface area is 133 Å². The molecule has 0 bridgehead atoms. The van der Waals surface area contributed by atoms with Crippen LogP contribution in [0, 0.1) is 12.3 Å². The number of esters is 1. The van der Waals surface area contributed by atoms with Gasteiger partial charge >= 0.3 is 5.97 Å². The van der Waals surface area contributed by atoms with Gasteiger partial charge in [-0.15, -0.1) is 0 Å². The molecule has 124 valence electrons. The highest BCUT2D eigenvalue weighted by atomic mass is 16.5. The molecule has 0 N–H and O–H groups in total. The van der Waals surface area contributed by atoms with E-state index in [0.717, 1.165) is 0 Å². The van der Waals surface area contributed by atoms with E-state index < -0.39 is 16.9 Å². The van der Waals surface area contributed by atoms with Crippen molar-refractivity contribution in [1.82, 2.24) is 9.55 Å². The molecule has 0 spiro atoms. The van der Waals surface area contributed by atoms with Crippen LogP contribution in [0.5, 0.6) is 0 Å². The molecular formula is C16H20N2O5. The number of aromatic nitrogens is 2. The van der Waals surface area contributed by atoms with Crippen LogP contribution in [-0.2, 0) is 16.1 Å². The number of aryl methyl sites for hydroxylation is 1. The van der Waals surface area contributed by atoms with E-state index in [4.69, 9.17) is 9.15 Å². The second-order valence-electron chi connectivity index (χ2n) is 6.28. The number of nitrogens with zero attached hydrogens (tertiary/aromatic N) is 2. The maximum atomic E-state index is 12.6. The zero-order chi connectivity index (χ0) is 17.4. The average Bonchev–Trinajstić information content (AvgIpc) is 2.78. The zero-order valence-electron chi connectivity index (χ0n) is 13.9. The van der Waals surface area contributed by atoms with Gasteiger partial charge in [-0.05, 0) is 13.8 Å². The van der Waals surface area contributed by atoms with Crippen molar-refractivity contribution in [3.05, 3.63) is 28.0 Å². The Morgan fingerprint density at radius 2 is 2.00 bits per heavy atom. The Morgan fingerprint density at radius 3 is 2.57 bits per heavy atom. The van der Waals surface area contributed by atoms with Crippen molar-refractivity contribution in [1.29, 1.82) is 0 Å². The van der Waals surface area contributed by atoms with Gasteiger partial charge in [-0.3, -0.25) is 14.2 Å². The summed E-state index contributed by atoms with van der Waals surface area (Å²) in [5.74, 6) is -0.482. The normalized spacial score (nSPS) is 11.7. The fourth-order valence-corrected chi connectivity index (χ4v) is 2.09. The minimum absolute atomic E-state index is 0.0464. The number of furan rings is 1. The standard InChI is InChI=1S/C16H20N2O5/c1-6-22-15(21)11-9(2)23-13-12(11)14(20)18(8-17-13)7-10(19)16(3,4)5/h8H,6-7H2,1-5H3. The zero-order valence-corrected chi connectivity index (χ0v) is 13.9. The molecule has 0 radical (unpaired) electrons. The number of ketones is 1. The lowest BCUT2D eigenvalue weighted by Crippen LogP contribution is -2.31. The molecule has 0 aromatic carbocycles. The smallest absolute Gasteiger partial charge is 0.342 e. The predicted molar refractivity (Wildman–Crippen MR) is 83.4 cm³/mol. The summed E-state index contributed by atoms with van der Waals surface area (Å²) in [6, 6.07) is 0. The molecule has 2 aromatic rings. The van der Waals surface area contributed by atoms with Crippen LogP contribution in [0.25, 0.3) is 11.1 Å². The van der Waals surface area contributed by atoms with Crippen LogP contribution in [0.3, 0.4) is 0 Å². The number of carbonyl (C=O) groups is 2. The molecule has 0 saturated carbocycles. The monoisotopic (exact) mass is 320 g/mol. The highest BCUT2D eigenvalue weighted by Crippen LogP contribution is 2.22. The second kappa shape index (κ2) is 5.98. The maximum absolute atomic E-state index is 12.6. The number of rotatable bonds is 4. The molecule has 2 aromatic heterocycles. The predicted octanol–water partition coefficient (Wildman–Crippen LogP) is 2.09. The quantitative estimate of drug-likeness (QED) is 0.801. The van der Waals surface area contributed by atoms with Crippen molar-refractivity contribution < 1.29 is 18.7 Å². The molecule has 0 unspecified atom stereocenters. The van der Waals surface area contributed by atoms with Crippen molar-refractivity contribution in [3.8, 4) is 0 Å². The Morgan fingerprint density at radius 1 is 1.35 bits per heavy atom. The molecule has 0 amide bonds. The molecule has 0 saturated heterocycles. The molecule has 2 heterocycles. The lowest BCUT2D eigenvalue weighted by molar-refractivity contribution is -0.126. The molecule has 0 fully saturated rings. The first-order chi connectivity index (χ1) is 10.7. The highest BCUT2D eigenvalue weighted by molar-refractivity contribution is 6.03. The molecular weight excluding hydrogens is 300 g/mol. The summed E-state index contributed by atoms with van der Waals surface area (Å²) in [6.45, 7) is 8.64. The summed E-state index contributed by atoms with van der Waals surface area (Å²) in [5.41, 5.74) is -0.940. The minimum atomic E-state index is -0.637. The van der Waals surface area contributed by atoms with Crippen molar-refractivity contribution in [2.75, 3.05) is 6.61 Å². The van der Waals surface area contributed by atoms with Gasteiger partial charge in [-0.2, -0.15) is 0 Å². The summed E-state index contributed by atoms with van der Waals surface area (Å²) in [7, 11) is 0. The summed E-state index contributed by atoms with van der Waals surface area (Å²) in [4.78, 5) is 40.9. The largest absolute Gasteiger partial charge is 0.462 e. The first kappa shape index (κ1) is 16.9. The van der Waals surface area contributed by atoms with Crippen molar-refractivity contribution in [3.63, 3.8) is 0 Å². The van der Waals surface area contributed by atoms with Crippen LogP contribution in [0.2, 0.25) is 0 Å². The molecule has 0 aliphatic heterocycles.